The Hall–Kier alpha value is -3.00. The normalized spacial score (nSPS) is 17.6. The minimum Gasteiger partial charge on any atom is -0.369 e. The third kappa shape index (κ3) is 3.75. The van der Waals surface area contributed by atoms with E-state index < -0.39 is 0 Å². The van der Waals surface area contributed by atoms with Crippen LogP contribution in [-0.4, -0.2) is 50.4 Å². The van der Waals surface area contributed by atoms with Gasteiger partial charge in [-0.3, -0.25) is 19.1 Å². The molecule has 0 spiro atoms. The highest BCUT2D eigenvalue weighted by atomic mass is 16.1. The van der Waals surface area contributed by atoms with Crippen LogP contribution < -0.4 is 16.0 Å². The lowest BCUT2D eigenvalue weighted by molar-refractivity contribution is 0.248. The lowest BCUT2D eigenvalue weighted by Gasteiger charge is -2.36. The van der Waals surface area contributed by atoms with Gasteiger partial charge in [0, 0.05) is 63.8 Å². The van der Waals surface area contributed by atoms with Crippen LogP contribution in [-0.2, 0) is 20.1 Å². The van der Waals surface area contributed by atoms with E-state index in [1.165, 1.54) is 17.5 Å². The van der Waals surface area contributed by atoms with Crippen LogP contribution in [0.3, 0.4) is 0 Å². The second kappa shape index (κ2) is 7.68. The molecule has 0 radical (unpaired) electrons. The summed E-state index contributed by atoms with van der Waals surface area (Å²) in [7, 11) is 1.68. The number of aromatic nitrogens is 4. The van der Waals surface area contributed by atoms with E-state index in [1.807, 2.05) is 18.2 Å². The molecule has 1 aliphatic carbocycles. The summed E-state index contributed by atoms with van der Waals surface area (Å²) in [6.07, 6.45) is 5.80. The topological polar surface area (TPSA) is 76.3 Å². The molecule has 0 bridgehead atoms. The van der Waals surface area contributed by atoms with Gasteiger partial charge in [0.2, 0.25) is 0 Å². The minimum atomic E-state index is -0.0344. The van der Waals surface area contributed by atoms with Crippen molar-refractivity contribution in [3.05, 3.63) is 63.1 Å². The first-order valence-corrected chi connectivity index (χ1v) is 10.6. The van der Waals surface area contributed by atoms with E-state index >= 15 is 0 Å². The molecule has 1 saturated heterocycles. The van der Waals surface area contributed by atoms with Gasteiger partial charge in [-0.2, -0.15) is 5.10 Å². The molecule has 3 heterocycles. The molecule has 8 nitrogen and oxygen atoms in total. The Kier molecular flexibility index (Phi) is 4.86. The van der Waals surface area contributed by atoms with Gasteiger partial charge in [0.05, 0.1) is 17.2 Å². The number of aryl methyl sites for hydroxylation is 1. The number of hydrogen-bond acceptors (Lipinski definition) is 6. The van der Waals surface area contributed by atoms with Crippen molar-refractivity contribution in [2.75, 3.05) is 31.1 Å². The summed E-state index contributed by atoms with van der Waals surface area (Å²) in [5.74, 6) is 0.643. The van der Waals surface area contributed by atoms with Gasteiger partial charge >= 0.3 is 0 Å². The molecule has 2 aromatic heterocycles. The van der Waals surface area contributed by atoms with Gasteiger partial charge in [-0.1, -0.05) is 0 Å². The maximum atomic E-state index is 12.7. The lowest BCUT2D eigenvalue weighted by Crippen LogP contribution is -2.46. The molecule has 0 unspecified atom stereocenters. The zero-order chi connectivity index (χ0) is 20.7. The number of fused-ring (bicyclic) bond motifs is 1. The van der Waals surface area contributed by atoms with Crippen LogP contribution in [0, 0.1) is 5.92 Å². The van der Waals surface area contributed by atoms with Crippen LogP contribution in [0.4, 0.5) is 5.69 Å². The molecule has 30 heavy (non-hydrogen) atoms. The van der Waals surface area contributed by atoms with Crippen LogP contribution >= 0.6 is 0 Å². The summed E-state index contributed by atoms with van der Waals surface area (Å²) >= 11 is 0. The predicted octanol–water partition coefficient (Wildman–Crippen LogP) is 1.22. The molecule has 2 aliphatic rings. The average molecular weight is 406 g/mol. The summed E-state index contributed by atoms with van der Waals surface area (Å²) in [4.78, 5) is 34.1. The smallest absolute Gasteiger partial charge is 0.270 e. The van der Waals surface area contributed by atoms with E-state index in [0.717, 1.165) is 49.5 Å². The highest BCUT2D eigenvalue weighted by molar-refractivity contribution is 5.81. The van der Waals surface area contributed by atoms with Gasteiger partial charge in [0.25, 0.3) is 11.1 Å². The van der Waals surface area contributed by atoms with Gasteiger partial charge in [0.15, 0.2) is 0 Å². The zero-order valence-corrected chi connectivity index (χ0v) is 17.2. The van der Waals surface area contributed by atoms with Crippen molar-refractivity contribution in [3.8, 4) is 0 Å². The molecule has 0 atom stereocenters. The number of piperazine rings is 1. The first-order chi connectivity index (χ1) is 14.6. The molecule has 1 aromatic carbocycles. The van der Waals surface area contributed by atoms with Crippen LogP contribution in [0.25, 0.3) is 10.9 Å². The summed E-state index contributed by atoms with van der Waals surface area (Å²) in [5.41, 5.74) is 2.65. The largest absolute Gasteiger partial charge is 0.369 e. The third-order valence-corrected chi connectivity index (χ3v) is 6.18. The molecular weight excluding hydrogens is 380 g/mol. The van der Waals surface area contributed by atoms with Crippen molar-refractivity contribution in [2.45, 2.75) is 25.9 Å². The highest BCUT2D eigenvalue weighted by Crippen LogP contribution is 2.30. The molecule has 0 amide bonds. The fraction of sp³-hybridized carbons (Fsp3) is 0.455. The maximum Gasteiger partial charge on any atom is 0.270 e. The number of anilines is 1. The van der Waals surface area contributed by atoms with E-state index in [4.69, 9.17) is 0 Å². The second-order valence-electron chi connectivity index (χ2n) is 8.40. The molecule has 0 N–H and O–H groups in total. The number of benzene rings is 1. The van der Waals surface area contributed by atoms with Crippen molar-refractivity contribution in [2.24, 2.45) is 13.0 Å². The van der Waals surface area contributed by atoms with Crippen molar-refractivity contribution in [3.63, 3.8) is 0 Å². The van der Waals surface area contributed by atoms with Crippen molar-refractivity contribution in [1.29, 1.82) is 0 Å². The summed E-state index contributed by atoms with van der Waals surface area (Å²) in [5, 5.41) is 4.67. The van der Waals surface area contributed by atoms with Gasteiger partial charge in [0.1, 0.15) is 0 Å². The first kappa shape index (κ1) is 19.0. The fourth-order valence-corrected chi connectivity index (χ4v) is 4.13. The Morgan fingerprint density at radius 1 is 1.03 bits per heavy atom. The van der Waals surface area contributed by atoms with Crippen LogP contribution in [0.5, 0.6) is 0 Å². The van der Waals surface area contributed by atoms with Gasteiger partial charge in [-0.15, -0.1) is 0 Å². The molecule has 1 saturated carbocycles. The van der Waals surface area contributed by atoms with E-state index in [1.54, 1.807) is 30.2 Å². The molecule has 156 valence electrons. The molecule has 3 aromatic rings. The third-order valence-electron chi connectivity index (χ3n) is 6.18. The summed E-state index contributed by atoms with van der Waals surface area (Å²) in [6.45, 7) is 4.92. The number of hydrogen-bond donors (Lipinski definition) is 0. The van der Waals surface area contributed by atoms with Crippen LogP contribution in [0.15, 0.2) is 46.4 Å². The number of rotatable bonds is 5. The van der Waals surface area contributed by atoms with Crippen LogP contribution in [0.2, 0.25) is 0 Å². The molecule has 5 rings (SSSR count). The average Bonchev–Trinajstić information content (AvgIpc) is 3.58. The van der Waals surface area contributed by atoms with Gasteiger partial charge < -0.3 is 4.90 Å². The Labute approximate surface area is 174 Å². The summed E-state index contributed by atoms with van der Waals surface area (Å²) in [6, 6.07) is 7.77. The Bertz CT molecular complexity index is 1190. The molecule has 8 heteroatoms. The van der Waals surface area contributed by atoms with Crippen molar-refractivity contribution < 1.29 is 0 Å². The van der Waals surface area contributed by atoms with E-state index in [9.17, 15) is 9.59 Å². The zero-order valence-electron chi connectivity index (χ0n) is 17.2. The molecular formula is C22H26N6O2. The van der Waals surface area contributed by atoms with Gasteiger partial charge in [-0.25, -0.2) is 9.67 Å². The predicted molar refractivity (Wildman–Crippen MR) is 116 cm³/mol. The Morgan fingerprint density at radius 3 is 2.60 bits per heavy atom. The van der Waals surface area contributed by atoms with E-state index in [2.05, 4.69) is 19.9 Å². The van der Waals surface area contributed by atoms with Crippen molar-refractivity contribution >= 4 is 16.6 Å². The number of nitrogens with zero attached hydrogens (tertiary/aromatic N) is 6. The lowest BCUT2D eigenvalue weighted by atomic mass is 10.2. The van der Waals surface area contributed by atoms with E-state index in [-0.39, 0.29) is 11.1 Å². The monoisotopic (exact) mass is 406 g/mol. The summed E-state index contributed by atoms with van der Waals surface area (Å²) < 4.78 is 3.13. The maximum absolute atomic E-state index is 12.7. The SMILES string of the molecule is Cn1nccc(CN2CCN(c3ccc4c(=O)n(CC5CC5)cnc4c3)CC2)c1=O. The fourth-order valence-electron chi connectivity index (χ4n) is 4.13. The Morgan fingerprint density at radius 2 is 1.83 bits per heavy atom. The van der Waals surface area contributed by atoms with Crippen molar-refractivity contribution in [1.82, 2.24) is 24.2 Å². The highest BCUT2D eigenvalue weighted by Gasteiger charge is 2.23. The Balaban J connectivity index is 1.28. The van der Waals surface area contributed by atoms with Crippen LogP contribution in [0.1, 0.15) is 18.4 Å². The van der Waals surface area contributed by atoms with E-state index in [0.29, 0.717) is 17.8 Å². The second-order valence-corrected chi connectivity index (χ2v) is 8.40. The first-order valence-electron chi connectivity index (χ1n) is 10.6. The standard InChI is InChI=1S/C22H26N6O2/c1-25-21(29)17(6-7-24-25)14-26-8-10-27(11-9-26)18-4-5-19-20(12-18)23-15-28(22(19)30)13-16-2-3-16/h4-7,12,15-16H,2-3,8-11,13-14H2,1H3. The van der Waals surface area contributed by atoms with Gasteiger partial charge in [-0.05, 0) is 43.0 Å². The molecule has 2 fully saturated rings. The minimum absolute atomic E-state index is 0.0344. The quantitative estimate of drug-likeness (QED) is 0.634. The molecule has 1 aliphatic heterocycles.